The van der Waals surface area contributed by atoms with E-state index in [0.717, 1.165) is 16.7 Å². The SMILES string of the molecule is CCCC(=O)Cc1cc2c3c([nH]c2cc1OP(=O)(O)O)SC[C@@H]1NC(=O)CNC(=O)[C@H]([C@@H](C)CC)NC(=O)CNC(=O)[C@@H](CC(=O)[C@H](C(C)CC)NC(=O)[C@@H]2C[C@@H](O)CN2C(=O)[C@H](CC(N)=O)CC1=O)C3. The molecule has 5 rings (SSSR count). The number of carbonyl (C=O) groups is 10. The molecule has 2 aromatic rings. The summed E-state index contributed by atoms with van der Waals surface area (Å²) >= 11 is 0.936. The van der Waals surface area contributed by atoms with Crippen LogP contribution in [0, 0.1) is 23.7 Å². The molecular formula is C46H65N8O15PS. The Balaban J connectivity index is 1.78. The summed E-state index contributed by atoms with van der Waals surface area (Å²) < 4.78 is 17.3. The average molecular weight is 1030 g/mol. The Hall–Kier alpha value is -5.68. The first-order chi connectivity index (χ1) is 33.4. The van der Waals surface area contributed by atoms with Gasteiger partial charge in [0, 0.05) is 73.8 Å². The van der Waals surface area contributed by atoms with Crippen molar-refractivity contribution in [2.24, 2.45) is 29.4 Å². The summed E-state index contributed by atoms with van der Waals surface area (Å²) in [5, 5.41) is 24.3. The fourth-order valence-electron chi connectivity index (χ4n) is 9.01. The third-order valence-electron chi connectivity index (χ3n) is 13.2. The number of hydrogen-bond donors (Lipinski definition) is 10. The Bertz CT molecular complexity index is 2460. The van der Waals surface area contributed by atoms with Crippen LogP contribution in [0.25, 0.3) is 10.9 Å². The monoisotopic (exact) mass is 1030 g/mol. The van der Waals surface area contributed by atoms with E-state index in [-0.39, 0.29) is 65.6 Å². The number of thioether (sulfide) groups is 1. The van der Waals surface area contributed by atoms with Crippen molar-refractivity contribution in [3.63, 3.8) is 0 Å². The van der Waals surface area contributed by atoms with Crippen molar-refractivity contribution in [3.8, 4) is 5.75 Å². The number of hydrogen-bond acceptors (Lipinski definition) is 14. The third kappa shape index (κ3) is 14.9. The molecule has 9 atom stereocenters. The molecular weight excluding hydrogens is 968 g/mol. The number of nitrogens with one attached hydrogen (secondary N) is 6. The van der Waals surface area contributed by atoms with Crippen molar-refractivity contribution in [3.05, 3.63) is 23.3 Å². The molecule has 2 bridgehead atoms. The van der Waals surface area contributed by atoms with Crippen molar-refractivity contribution in [2.75, 3.05) is 25.4 Å². The van der Waals surface area contributed by atoms with E-state index in [1.807, 2.05) is 0 Å². The van der Waals surface area contributed by atoms with Crippen molar-refractivity contribution >= 4 is 89.2 Å². The number of Topliss-reactive ketones (excluding diaryl/α,β-unsaturated/α-hetero) is 3. The Morgan fingerprint density at radius 3 is 2.14 bits per heavy atom. The van der Waals surface area contributed by atoms with Gasteiger partial charge < -0.3 is 51.8 Å². The van der Waals surface area contributed by atoms with Crippen LogP contribution < -0.4 is 36.8 Å². The normalized spacial score (nSPS) is 25.7. The Kier molecular flexibility index (Phi) is 19.5. The number of fused-ring (bicyclic) bond motifs is 5. The van der Waals surface area contributed by atoms with Crippen LogP contribution in [0.3, 0.4) is 0 Å². The van der Waals surface area contributed by atoms with Crippen LogP contribution in [0.5, 0.6) is 5.75 Å². The summed E-state index contributed by atoms with van der Waals surface area (Å²) in [6, 6.07) is -2.61. The van der Waals surface area contributed by atoms with Gasteiger partial charge in [-0.2, -0.15) is 0 Å². The van der Waals surface area contributed by atoms with E-state index in [0.29, 0.717) is 30.2 Å². The molecule has 1 aromatic heterocycles. The largest absolute Gasteiger partial charge is 0.524 e. The highest BCUT2D eigenvalue weighted by molar-refractivity contribution is 7.99. The zero-order valence-corrected chi connectivity index (χ0v) is 42.1. The number of aliphatic hydroxyl groups excluding tert-OH is 1. The van der Waals surface area contributed by atoms with Gasteiger partial charge in [0.05, 0.1) is 47.7 Å². The van der Waals surface area contributed by atoms with Gasteiger partial charge in [0.2, 0.25) is 41.4 Å². The quantitative estimate of drug-likeness (QED) is 0.125. The predicted octanol–water partition coefficient (Wildman–Crippen LogP) is -0.0201. The molecule has 11 N–H and O–H groups in total. The number of phosphoric acid groups is 1. The van der Waals surface area contributed by atoms with Gasteiger partial charge >= 0.3 is 7.82 Å². The molecule has 1 unspecified atom stereocenters. The van der Waals surface area contributed by atoms with Crippen LogP contribution in [0.4, 0.5) is 0 Å². The molecule has 71 heavy (non-hydrogen) atoms. The minimum Gasteiger partial charge on any atom is -0.404 e. The van der Waals surface area contributed by atoms with Gasteiger partial charge in [-0.3, -0.25) is 57.7 Å². The second-order valence-electron chi connectivity index (χ2n) is 18.7. The molecule has 390 valence electrons. The molecule has 7 amide bonds. The Labute approximate surface area is 414 Å². The number of aromatic amines is 1. The Morgan fingerprint density at radius 1 is 0.859 bits per heavy atom. The first kappa shape index (κ1) is 56.2. The van der Waals surface area contributed by atoms with Crippen molar-refractivity contribution in [1.29, 1.82) is 0 Å². The minimum atomic E-state index is -5.21. The number of ketones is 3. The predicted molar refractivity (Wildman–Crippen MR) is 256 cm³/mol. The molecule has 25 heteroatoms. The molecule has 1 aromatic carbocycles. The molecule has 0 aliphatic carbocycles. The number of carbonyl (C=O) groups excluding carboxylic acids is 10. The van der Waals surface area contributed by atoms with Gasteiger partial charge in [-0.25, -0.2) is 4.57 Å². The second kappa shape index (κ2) is 24.6. The van der Waals surface area contributed by atoms with Gasteiger partial charge in [0.25, 0.3) is 0 Å². The minimum absolute atomic E-state index is 0.0720. The zero-order valence-electron chi connectivity index (χ0n) is 40.4. The molecule has 3 aliphatic rings. The summed E-state index contributed by atoms with van der Waals surface area (Å²) in [7, 11) is -5.21. The fraction of sp³-hybridized carbons (Fsp3) is 0.609. The van der Waals surface area contributed by atoms with Gasteiger partial charge in [-0.1, -0.05) is 47.5 Å². The van der Waals surface area contributed by atoms with Crippen LogP contribution in [-0.4, -0.2) is 139 Å². The van der Waals surface area contributed by atoms with Crippen LogP contribution >= 0.6 is 19.6 Å². The van der Waals surface area contributed by atoms with Gasteiger partial charge in [-0.05, 0) is 36.3 Å². The third-order valence-corrected chi connectivity index (χ3v) is 14.8. The van der Waals surface area contributed by atoms with Crippen LogP contribution in [0.2, 0.25) is 0 Å². The molecule has 23 nitrogen and oxygen atoms in total. The summed E-state index contributed by atoms with van der Waals surface area (Å²) in [4.78, 5) is 163. The maximum atomic E-state index is 14.7. The molecule has 4 heterocycles. The number of aromatic nitrogens is 1. The lowest BCUT2D eigenvalue weighted by Gasteiger charge is -2.31. The molecule has 0 radical (unpaired) electrons. The highest BCUT2D eigenvalue weighted by atomic mass is 32.2. The lowest BCUT2D eigenvalue weighted by Crippen LogP contribution is -2.55. The smallest absolute Gasteiger partial charge is 0.404 e. The number of nitrogens with zero attached hydrogens (tertiary/aromatic N) is 1. The fourth-order valence-corrected chi connectivity index (χ4v) is 10.6. The first-order valence-corrected chi connectivity index (χ1v) is 26.3. The van der Waals surface area contributed by atoms with Crippen LogP contribution in [-0.2, 0) is 65.4 Å². The summed E-state index contributed by atoms with van der Waals surface area (Å²) in [5.41, 5.74) is 6.15. The number of rotatable bonds is 12. The summed E-state index contributed by atoms with van der Waals surface area (Å²) in [5.74, 6) is -12.1. The Morgan fingerprint density at radius 2 is 1.51 bits per heavy atom. The number of amides is 7. The van der Waals surface area contributed by atoms with Gasteiger partial charge in [-0.15, -0.1) is 11.8 Å². The van der Waals surface area contributed by atoms with E-state index in [4.69, 9.17) is 10.3 Å². The molecule has 3 aliphatic heterocycles. The topological polar surface area (TPSA) is 363 Å². The summed E-state index contributed by atoms with van der Waals surface area (Å²) in [6.07, 6.45) is -2.73. The maximum absolute atomic E-state index is 14.7. The van der Waals surface area contributed by atoms with E-state index in [9.17, 15) is 67.4 Å². The number of nitrogens with two attached hydrogens (primary N) is 1. The van der Waals surface area contributed by atoms with Crippen molar-refractivity contribution in [2.45, 2.75) is 134 Å². The first-order valence-electron chi connectivity index (χ1n) is 23.8. The molecule has 1 saturated heterocycles. The number of benzene rings is 1. The van der Waals surface area contributed by atoms with Gasteiger partial charge in [0.1, 0.15) is 23.6 Å². The lowest BCUT2D eigenvalue weighted by molar-refractivity contribution is -0.145. The van der Waals surface area contributed by atoms with E-state index in [1.54, 1.807) is 34.6 Å². The van der Waals surface area contributed by atoms with E-state index in [2.05, 4.69) is 31.6 Å². The second-order valence-corrected chi connectivity index (χ2v) is 20.9. The number of phosphoric ester groups is 1. The van der Waals surface area contributed by atoms with E-state index in [1.165, 1.54) is 12.1 Å². The van der Waals surface area contributed by atoms with Crippen LogP contribution in [0.15, 0.2) is 17.2 Å². The van der Waals surface area contributed by atoms with Crippen molar-refractivity contribution in [1.82, 2.24) is 36.5 Å². The standard InChI is InChI=1S/C46H65N8O15PS/c1-6-9-27(55)10-24-11-29-30-12-25-13-35(58)40(22(4)7-2)53-43(63)33-16-28(56)20-54(33)46(65)26(15-37(47)59)14-34(57)32(21-71-45(30)51-31(29)17-36(24)69-70(66,67)68)50-38(60)18-49-44(64)41(23(5)8-3)52-39(61)19-48-42(25)62/h11,17,22-23,25-26,28,32-33,40-41,51,56H,6-10,12-16,18-21H2,1-5H3,(H2,47,59)(H,48,62)(H,49,64)(H,50,60)(H,52,61)(H,53,63)(H2,66,67,68)/t22?,23-,25+,26-,28+,32-,33-,40-,41-/m0/s1. The highest BCUT2D eigenvalue weighted by Gasteiger charge is 2.44. The van der Waals surface area contributed by atoms with Crippen molar-refractivity contribution < 1.29 is 71.9 Å². The maximum Gasteiger partial charge on any atom is 0.524 e. The van der Waals surface area contributed by atoms with E-state index < -0.39 is 147 Å². The number of primary amides is 1. The molecule has 0 saturated carbocycles. The number of H-pyrrole nitrogens is 1. The highest BCUT2D eigenvalue weighted by Crippen LogP contribution is 2.43. The summed E-state index contributed by atoms with van der Waals surface area (Å²) in [6.45, 7) is 6.97. The number of aliphatic hydroxyl groups is 1. The average Bonchev–Trinajstić information content (AvgIpc) is 3.85. The van der Waals surface area contributed by atoms with Gasteiger partial charge in [0.15, 0.2) is 11.6 Å². The molecule has 1 fully saturated rings. The van der Waals surface area contributed by atoms with E-state index >= 15 is 0 Å². The molecule has 0 spiro atoms. The zero-order chi connectivity index (χ0) is 52.5. The van der Waals surface area contributed by atoms with Crippen LogP contribution in [0.1, 0.15) is 97.1 Å². The lowest BCUT2D eigenvalue weighted by atomic mass is 9.86.